The summed E-state index contributed by atoms with van der Waals surface area (Å²) in [5.74, 6) is -0.157. The van der Waals surface area contributed by atoms with Crippen molar-refractivity contribution >= 4 is 45.4 Å². The van der Waals surface area contributed by atoms with Crippen LogP contribution in [0.1, 0.15) is 16.1 Å². The smallest absolute Gasteiger partial charge is 0.315 e. The number of benzene rings is 2. The predicted octanol–water partition coefficient (Wildman–Crippen LogP) is 4.02. The maximum Gasteiger partial charge on any atom is 0.315 e. The maximum absolute atomic E-state index is 12.5. The van der Waals surface area contributed by atoms with Gasteiger partial charge in [0.15, 0.2) is 10.9 Å². The fourth-order valence-corrected chi connectivity index (χ4v) is 3.56. The molecule has 5 nitrogen and oxygen atoms in total. The Hall–Kier alpha value is -2.86. The van der Waals surface area contributed by atoms with E-state index in [9.17, 15) is 9.59 Å². The Labute approximate surface area is 148 Å². The first kappa shape index (κ1) is 15.7. The van der Waals surface area contributed by atoms with Crippen molar-refractivity contribution in [3.8, 4) is 0 Å². The molecule has 0 unspecified atom stereocenters. The number of fused-ring (bicyclic) bond motifs is 1. The Morgan fingerprint density at radius 3 is 2.80 bits per heavy atom. The van der Waals surface area contributed by atoms with E-state index in [4.69, 9.17) is 4.42 Å². The lowest BCUT2D eigenvalue weighted by Crippen LogP contribution is -2.29. The zero-order chi connectivity index (χ0) is 17.4. The summed E-state index contributed by atoms with van der Waals surface area (Å²) in [6.45, 7) is 1.95. The van der Waals surface area contributed by atoms with Gasteiger partial charge in [0.2, 0.25) is 5.91 Å². The molecule has 0 atom stereocenters. The van der Waals surface area contributed by atoms with Gasteiger partial charge in [0.25, 0.3) is 0 Å². The molecule has 1 aliphatic heterocycles. The Balaban J connectivity index is 1.69. The van der Waals surface area contributed by atoms with E-state index in [2.05, 4.69) is 4.99 Å². The van der Waals surface area contributed by atoms with Crippen molar-refractivity contribution in [2.75, 3.05) is 10.7 Å². The van der Waals surface area contributed by atoms with Gasteiger partial charge < -0.3 is 4.42 Å². The lowest BCUT2D eigenvalue weighted by molar-refractivity contribution is -0.115. The van der Waals surface area contributed by atoms with Crippen LogP contribution >= 0.6 is 11.8 Å². The van der Waals surface area contributed by atoms with Crippen LogP contribution < -0.4 is 4.90 Å². The molecule has 0 radical (unpaired) electrons. The van der Waals surface area contributed by atoms with Crippen LogP contribution in [0.2, 0.25) is 0 Å². The molecule has 0 spiro atoms. The van der Waals surface area contributed by atoms with Crippen LogP contribution in [0, 0.1) is 6.92 Å². The van der Waals surface area contributed by atoms with Gasteiger partial charge in [-0.1, -0.05) is 42.1 Å². The van der Waals surface area contributed by atoms with Gasteiger partial charge in [0.1, 0.15) is 5.58 Å². The molecule has 25 heavy (non-hydrogen) atoms. The molecule has 0 bridgehead atoms. The number of furan rings is 1. The van der Waals surface area contributed by atoms with E-state index < -0.39 is 5.91 Å². The third-order valence-electron chi connectivity index (χ3n) is 3.86. The van der Waals surface area contributed by atoms with Crippen molar-refractivity contribution in [2.45, 2.75) is 6.92 Å². The van der Waals surface area contributed by atoms with Crippen LogP contribution in [0.15, 0.2) is 64.0 Å². The normalized spacial score (nSPS) is 16.1. The zero-order valence-electron chi connectivity index (χ0n) is 13.4. The number of aryl methyl sites for hydroxylation is 1. The molecular formula is C19H14N2O3S. The molecule has 1 fully saturated rings. The first-order valence-electron chi connectivity index (χ1n) is 7.76. The second-order valence-electron chi connectivity index (χ2n) is 5.70. The maximum atomic E-state index is 12.5. The molecule has 0 saturated carbocycles. The van der Waals surface area contributed by atoms with Crippen molar-refractivity contribution in [3.05, 3.63) is 65.9 Å². The molecule has 0 N–H and O–H groups in total. The summed E-state index contributed by atoms with van der Waals surface area (Å²) in [5, 5.41) is 1.22. The Morgan fingerprint density at radius 2 is 2.00 bits per heavy atom. The Morgan fingerprint density at radius 1 is 1.16 bits per heavy atom. The molecule has 3 aromatic rings. The number of anilines is 1. The summed E-state index contributed by atoms with van der Waals surface area (Å²) in [5.41, 5.74) is 2.38. The molecule has 4 rings (SSSR count). The van der Waals surface area contributed by atoms with Gasteiger partial charge in [-0.2, -0.15) is 4.99 Å². The fourth-order valence-electron chi connectivity index (χ4n) is 2.70. The van der Waals surface area contributed by atoms with Crippen molar-refractivity contribution < 1.29 is 14.0 Å². The minimum absolute atomic E-state index is 0.0910. The van der Waals surface area contributed by atoms with E-state index in [1.165, 1.54) is 16.7 Å². The van der Waals surface area contributed by atoms with Gasteiger partial charge in [-0.25, -0.2) is 0 Å². The first-order chi connectivity index (χ1) is 12.1. The number of para-hydroxylation sites is 1. The molecule has 1 saturated heterocycles. The van der Waals surface area contributed by atoms with Gasteiger partial charge in [-0.3, -0.25) is 14.5 Å². The van der Waals surface area contributed by atoms with Gasteiger partial charge in [0, 0.05) is 5.39 Å². The second kappa shape index (κ2) is 6.22. The average molecular weight is 350 g/mol. The largest absolute Gasteiger partial charge is 0.451 e. The lowest BCUT2D eigenvalue weighted by Gasteiger charge is -2.16. The summed E-state index contributed by atoms with van der Waals surface area (Å²) < 4.78 is 5.56. The highest BCUT2D eigenvalue weighted by Crippen LogP contribution is 2.28. The van der Waals surface area contributed by atoms with Crippen LogP contribution in [-0.2, 0) is 4.79 Å². The number of rotatable bonds is 2. The monoisotopic (exact) mass is 350 g/mol. The predicted molar refractivity (Wildman–Crippen MR) is 99.1 cm³/mol. The number of hydrogen-bond acceptors (Lipinski definition) is 4. The first-order valence-corrected chi connectivity index (χ1v) is 8.74. The second-order valence-corrected chi connectivity index (χ2v) is 6.65. The SMILES string of the molecule is Cc1cccc(N2C(=O)CSC2=NC(=O)c2cc3ccccc3o2)c1. The summed E-state index contributed by atoms with van der Waals surface area (Å²) in [6, 6.07) is 16.6. The van der Waals surface area contributed by atoms with E-state index in [1.54, 1.807) is 12.1 Å². The number of carbonyl (C=O) groups is 2. The lowest BCUT2D eigenvalue weighted by atomic mass is 10.2. The average Bonchev–Trinajstić information content (AvgIpc) is 3.18. The highest BCUT2D eigenvalue weighted by molar-refractivity contribution is 8.15. The van der Waals surface area contributed by atoms with Gasteiger partial charge in [0.05, 0.1) is 11.4 Å². The van der Waals surface area contributed by atoms with E-state index in [1.807, 2.05) is 49.4 Å². The molecule has 124 valence electrons. The summed E-state index contributed by atoms with van der Waals surface area (Å²) in [4.78, 5) is 30.3. The summed E-state index contributed by atoms with van der Waals surface area (Å²) >= 11 is 1.25. The number of amidine groups is 1. The van der Waals surface area contributed by atoms with E-state index in [-0.39, 0.29) is 17.4 Å². The third kappa shape index (κ3) is 2.96. The molecular weight excluding hydrogens is 336 g/mol. The number of aliphatic imine (C=N–C) groups is 1. The molecule has 2 aromatic carbocycles. The topological polar surface area (TPSA) is 62.9 Å². The van der Waals surface area contributed by atoms with Crippen LogP contribution in [0.25, 0.3) is 11.0 Å². The van der Waals surface area contributed by atoms with Gasteiger partial charge in [-0.05, 0) is 36.8 Å². The molecule has 1 aromatic heterocycles. The highest BCUT2D eigenvalue weighted by Gasteiger charge is 2.31. The van der Waals surface area contributed by atoms with Crippen molar-refractivity contribution in [3.63, 3.8) is 0 Å². The van der Waals surface area contributed by atoms with Crippen LogP contribution in [0.3, 0.4) is 0 Å². The van der Waals surface area contributed by atoms with E-state index >= 15 is 0 Å². The van der Waals surface area contributed by atoms with E-state index in [0.29, 0.717) is 16.4 Å². The molecule has 0 aliphatic carbocycles. The molecule has 1 aliphatic rings. The van der Waals surface area contributed by atoms with E-state index in [0.717, 1.165) is 10.9 Å². The fraction of sp³-hybridized carbons (Fsp3) is 0.105. The standard InChI is InChI=1S/C19H14N2O3S/c1-12-5-4-7-14(9-12)21-17(22)11-25-19(21)20-18(23)16-10-13-6-2-3-8-15(13)24-16/h2-10H,11H2,1H3. The van der Waals surface area contributed by atoms with Crippen molar-refractivity contribution in [1.82, 2.24) is 0 Å². The highest BCUT2D eigenvalue weighted by atomic mass is 32.2. The number of carbonyl (C=O) groups excluding carboxylic acids is 2. The third-order valence-corrected chi connectivity index (χ3v) is 4.78. The quantitative estimate of drug-likeness (QED) is 0.700. The van der Waals surface area contributed by atoms with Gasteiger partial charge >= 0.3 is 5.91 Å². The minimum atomic E-state index is -0.494. The molecule has 2 amide bonds. The number of nitrogens with zero attached hydrogens (tertiary/aromatic N) is 2. The van der Waals surface area contributed by atoms with Crippen LogP contribution in [-0.4, -0.2) is 22.7 Å². The Kier molecular flexibility index (Phi) is 3.89. The summed E-state index contributed by atoms with van der Waals surface area (Å²) in [6.07, 6.45) is 0. The van der Waals surface area contributed by atoms with Crippen molar-refractivity contribution in [1.29, 1.82) is 0 Å². The number of hydrogen-bond donors (Lipinski definition) is 0. The number of thioether (sulfide) groups is 1. The molecule has 6 heteroatoms. The van der Waals surface area contributed by atoms with Gasteiger partial charge in [-0.15, -0.1) is 0 Å². The summed E-state index contributed by atoms with van der Waals surface area (Å²) in [7, 11) is 0. The minimum Gasteiger partial charge on any atom is -0.451 e. The number of amides is 2. The molecule has 2 heterocycles. The van der Waals surface area contributed by atoms with Crippen LogP contribution in [0.4, 0.5) is 5.69 Å². The Bertz CT molecular complexity index is 989. The van der Waals surface area contributed by atoms with Crippen LogP contribution in [0.5, 0.6) is 0 Å². The van der Waals surface area contributed by atoms with Crippen molar-refractivity contribution in [2.24, 2.45) is 4.99 Å². The zero-order valence-corrected chi connectivity index (χ0v) is 14.2.